The van der Waals surface area contributed by atoms with Crippen LogP contribution in [-0.4, -0.2) is 23.6 Å². The molecule has 1 atom stereocenters. The molecule has 18 heavy (non-hydrogen) atoms. The van der Waals surface area contributed by atoms with Crippen molar-refractivity contribution in [3.05, 3.63) is 30.2 Å². The molecule has 0 saturated carbocycles. The summed E-state index contributed by atoms with van der Waals surface area (Å²) in [6.45, 7) is 0. The Bertz CT molecular complexity index is 690. The smallest absolute Gasteiger partial charge is 0.160 e. The van der Waals surface area contributed by atoms with E-state index in [2.05, 4.69) is 4.98 Å². The summed E-state index contributed by atoms with van der Waals surface area (Å²) in [5.41, 5.74) is 7.65. The fourth-order valence-corrected chi connectivity index (χ4v) is 4.39. The molecule has 3 heterocycles. The third kappa shape index (κ3) is 1.77. The van der Waals surface area contributed by atoms with Crippen LogP contribution in [-0.2, 0) is 9.84 Å². The Morgan fingerprint density at radius 3 is 2.94 bits per heavy atom. The Hall–Kier alpha value is -1.56. The number of nitrogens with zero attached hydrogens (tertiary/aromatic N) is 2. The van der Waals surface area contributed by atoms with Gasteiger partial charge < -0.3 is 10.1 Å². The first-order valence-corrected chi connectivity index (χ1v) is 7.74. The second-order valence-electron chi connectivity index (χ2n) is 4.71. The van der Waals surface area contributed by atoms with Crippen LogP contribution in [0, 0.1) is 0 Å². The number of sulfone groups is 1. The lowest BCUT2D eigenvalue weighted by atomic mass is 10.1. The van der Waals surface area contributed by atoms with E-state index in [4.69, 9.17) is 5.73 Å². The summed E-state index contributed by atoms with van der Waals surface area (Å²) in [6, 6.07) is 3.59. The van der Waals surface area contributed by atoms with Gasteiger partial charge in [-0.3, -0.25) is 0 Å². The van der Waals surface area contributed by atoms with Crippen molar-refractivity contribution in [2.45, 2.75) is 24.5 Å². The maximum absolute atomic E-state index is 12.1. The molecule has 5 nitrogen and oxygen atoms in total. The van der Waals surface area contributed by atoms with Crippen LogP contribution in [0.1, 0.15) is 30.2 Å². The third-order valence-corrected chi connectivity index (χ3v) is 5.64. The number of anilines is 1. The minimum atomic E-state index is -3.05. The summed E-state index contributed by atoms with van der Waals surface area (Å²) < 4.78 is 25.9. The maximum Gasteiger partial charge on any atom is 0.160 e. The predicted molar refractivity (Wildman–Crippen MR) is 70.0 cm³/mol. The van der Waals surface area contributed by atoms with E-state index in [1.807, 2.05) is 12.3 Å². The Labute approximate surface area is 106 Å². The van der Waals surface area contributed by atoms with E-state index in [0.717, 1.165) is 12.8 Å². The quantitative estimate of drug-likeness (QED) is 0.848. The minimum absolute atomic E-state index is 0.265. The first-order chi connectivity index (χ1) is 8.58. The van der Waals surface area contributed by atoms with Crippen molar-refractivity contribution in [2.24, 2.45) is 0 Å². The van der Waals surface area contributed by atoms with Gasteiger partial charge in [0, 0.05) is 12.4 Å². The van der Waals surface area contributed by atoms with Gasteiger partial charge in [-0.2, -0.15) is 0 Å². The summed E-state index contributed by atoms with van der Waals surface area (Å²) in [5.74, 6) is 0.265. The Kier molecular flexibility index (Phi) is 2.55. The lowest BCUT2D eigenvalue weighted by molar-refractivity contribution is 0.543. The van der Waals surface area contributed by atoms with Gasteiger partial charge in [-0.05, 0) is 25.0 Å². The topological polar surface area (TPSA) is 77.5 Å². The van der Waals surface area contributed by atoms with Crippen LogP contribution >= 0.6 is 0 Å². The van der Waals surface area contributed by atoms with E-state index in [-0.39, 0.29) is 5.75 Å². The number of pyridine rings is 1. The van der Waals surface area contributed by atoms with Gasteiger partial charge in [0.15, 0.2) is 15.5 Å². The number of aromatic nitrogens is 2. The van der Waals surface area contributed by atoms with E-state index < -0.39 is 15.1 Å². The van der Waals surface area contributed by atoms with Crippen molar-refractivity contribution in [1.82, 2.24) is 9.38 Å². The predicted octanol–water partition coefficient (Wildman–Crippen LogP) is 1.56. The summed E-state index contributed by atoms with van der Waals surface area (Å²) in [5, 5.41) is -0.467. The van der Waals surface area contributed by atoms with Gasteiger partial charge in [-0.1, -0.05) is 6.42 Å². The number of hydrogen-bond donors (Lipinski definition) is 1. The molecule has 0 aliphatic carbocycles. The van der Waals surface area contributed by atoms with Crippen LogP contribution < -0.4 is 5.73 Å². The van der Waals surface area contributed by atoms with Crippen molar-refractivity contribution < 1.29 is 8.42 Å². The van der Waals surface area contributed by atoms with Gasteiger partial charge in [0.2, 0.25) is 0 Å². The van der Waals surface area contributed by atoms with Crippen molar-refractivity contribution in [3.8, 4) is 0 Å². The molecular weight excluding hydrogens is 250 g/mol. The molecule has 0 bridgehead atoms. The lowest BCUT2D eigenvalue weighted by Gasteiger charge is -2.20. The fourth-order valence-electron chi connectivity index (χ4n) is 2.50. The SMILES string of the molecule is Nc1cccn2cc(C3CCCCS3(=O)=O)nc12. The van der Waals surface area contributed by atoms with Gasteiger partial charge >= 0.3 is 0 Å². The number of rotatable bonds is 1. The van der Waals surface area contributed by atoms with Gasteiger partial charge in [0.1, 0.15) is 5.25 Å². The molecule has 2 aromatic rings. The van der Waals surface area contributed by atoms with Crippen molar-refractivity contribution in [3.63, 3.8) is 0 Å². The second-order valence-corrected chi connectivity index (χ2v) is 7.01. The van der Waals surface area contributed by atoms with Gasteiger partial charge in [0.05, 0.1) is 17.1 Å². The maximum atomic E-state index is 12.1. The molecule has 1 saturated heterocycles. The molecule has 6 heteroatoms. The van der Waals surface area contributed by atoms with E-state index in [0.29, 0.717) is 23.4 Å². The van der Waals surface area contributed by atoms with Gasteiger partial charge in [0.25, 0.3) is 0 Å². The fraction of sp³-hybridized carbons (Fsp3) is 0.417. The molecule has 0 radical (unpaired) electrons. The van der Waals surface area contributed by atoms with E-state index >= 15 is 0 Å². The van der Waals surface area contributed by atoms with Crippen molar-refractivity contribution in [2.75, 3.05) is 11.5 Å². The molecule has 1 unspecified atom stereocenters. The van der Waals surface area contributed by atoms with Crippen LogP contribution in [0.5, 0.6) is 0 Å². The Morgan fingerprint density at radius 1 is 1.39 bits per heavy atom. The Balaban J connectivity index is 2.12. The molecule has 96 valence electrons. The highest BCUT2D eigenvalue weighted by atomic mass is 32.2. The Morgan fingerprint density at radius 2 is 2.22 bits per heavy atom. The summed E-state index contributed by atoms with van der Waals surface area (Å²) in [6.07, 6.45) is 5.96. The van der Waals surface area contributed by atoms with Crippen LogP contribution in [0.2, 0.25) is 0 Å². The third-order valence-electron chi connectivity index (χ3n) is 3.44. The van der Waals surface area contributed by atoms with Gasteiger partial charge in [-0.15, -0.1) is 0 Å². The van der Waals surface area contributed by atoms with Crippen molar-refractivity contribution in [1.29, 1.82) is 0 Å². The molecule has 3 rings (SSSR count). The highest BCUT2D eigenvalue weighted by molar-refractivity contribution is 7.91. The van der Waals surface area contributed by atoms with E-state index in [9.17, 15) is 8.42 Å². The summed E-state index contributed by atoms with van der Waals surface area (Å²) in [7, 11) is -3.05. The van der Waals surface area contributed by atoms with Crippen LogP contribution in [0.4, 0.5) is 5.69 Å². The van der Waals surface area contributed by atoms with E-state index in [1.165, 1.54) is 0 Å². The highest BCUT2D eigenvalue weighted by Crippen LogP contribution is 2.33. The zero-order chi connectivity index (χ0) is 12.8. The largest absolute Gasteiger partial charge is 0.396 e. The van der Waals surface area contributed by atoms with Crippen LogP contribution in [0.15, 0.2) is 24.5 Å². The highest BCUT2D eigenvalue weighted by Gasteiger charge is 2.32. The van der Waals surface area contributed by atoms with Crippen LogP contribution in [0.3, 0.4) is 0 Å². The molecule has 1 aliphatic rings. The van der Waals surface area contributed by atoms with Crippen molar-refractivity contribution >= 4 is 21.2 Å². The number of hydrogen-bond acceptors (Lipinski definition) is 4. The average Bonchev–Trinajstić information content (AvgIpc) is 2.73. The van der Waals surface area contributed by atoms with E-state index in [1.54, 1.807) is 16.7 Å². The molecule has 0 spiro atoms. The first-order valence-electron chi connectivity index (χ1n) is 6.02. The van der Waals surface area contributed by atoms with Crippen LogP contribution in [0.25, 0.3) is 5.65 Å². The number of nitrogens with two attached hydrogens (primary N) is 1. The zero-order valence-corrected chi connectivity index (χ0v) is 10.7. The molecule has 0 aromatic carbocycles. The zero-order valence-electron chi connectivity index (χ0n) is 9.91. The summed E-state index contributed by atoms with van der Waals surface area (Å²) in [4.78, 5) is 4.39. The molecule has 1 fully saturated rings. The first kappa shape index (κ1) is 11.5. The standard InChI is InChI=1S/C12H15N3O2S/c13-9-4-3-6-15-8-10(14-12(9)15)11-5-1-2-7-18(11,16)17/h3-4,6,8,11H,1-2,5,7,13H2. The lowest BCUT2D eigenvalue weighted by Crippen LogP contribution is -2.21. The number of fused-ring (bicyclic) bond motifs is 1. The average molecular weight is 265 g/mol. The molecule has 0 amide bonds. The normalized spacial score (nSPS) is 23.2. The molecule has 1 aliphatic heterocycles. The molecular formula is C12H15N3O2S. The number of nitrogen functional groups attached to an aromatic ring is 1. The minimum Gasteiger partial charge on any atom is -0.396 e. The monoisotopic (exact) mass is 265 g/mol. The number of imidazole rings is 1. The van der Waals surface area contributed by atoms with Gasteiger partial charge in [-0.25, -0.2) is 13.4 Å². The summed E-state index contributed by atoms with van der Waals surface area (Å²) >= 11 is 0. The second kappa shape index (κ2) is 3.98. The molecule has 2 aromatic heterocycles. The molecule has 2 N–H and O–H groups in total.